The predicted molar refractivity (Wildman–Crippen MR) is 185 cm³/mol. The Morgan fingerprint density at radius 3 is 2.70 bits per heavy atom. The first-order valence-corrected chi connectivity index (χ1v) is 17.0. The van der Waals surface area contributed by atoms with Crippen LogP contribution < -0.4 is 22.0 Å². The predicted octanol–water partition coefficient (Wildman–Crippen LogP) is 6.14. The lowest BCUT2D eigenvalue weighted by Crippen LogP contribution is -2.35. The number of anilines is 2. The van der Waals surface area contributed by atoms with Crippen molar-refractivity contribution in [2.24, 2.45) is 5.41 Å². The van der Waals surface area contributed by atoms with Crippen LogP contribution in [0.5, 0.6) is 0 Å². The van der Waals surface area contributed by atoms with Gasteiger partial charge in [-0.3, -0.25) is 9.91 Å². The zero-order valence-electron chi connectivity index (χ0n) is 27.8. The summed E-state index contributed by atoms with van der Waals surface area (Å²) < 4.78 is 13.6. The summed E-state index contributed by atoms with van der Waals surface area (Å²) in [6.07, 6.45) is 11.2. The summed E-state index contributed by atoms with van der Waals surface area (Å²) >= 11 is 0. The number of likely N-dealkylation sites (tertiary alicyclic amines) is 1. The number of nitrogen functional groups attached to an aromatic ring is 1. The molecule has 3 aliphatic heterocycles. The number of hydrogen-bond acceptors (Lipinski definition) is 10. The van der Waals surface area contributed by atoms with Crippen LogP contribution in [0.25, 0.3) is 16.6 Å². The number of hydrazine groups is 2. The molecule has 3 fully saturated rings. The molecule has 2 aromatic carbocycles. The third kappa shape index (κ3) is 6.70. The molecule has 3 aromatic rings. The standard InChI is InChI=1S/C36H48N8O3/c1-35(2,3)47-34(45)44-27(21-42-13-12-36(23-42)10-6-11-36)16-25-9-8-24(15-32(25)44)20-43-22-31(40-41-43)28-17-26(38)18-30(29(28)19-37)39-33-7-4-5-14-46-33/h8-9,15-19,22,33,37,39-41H,4-7,10-14,20-21,23,38H2,1-3H3. The maximum Gasteiger partial charge on any atom is 0.419 e. The van der Waals surface area contributed by atoms with Gasteiger partial charge in [-0.2, -0.15) is 0 Å². The topological polar surface area (TPSA) is 133 Å². The van der Waals surface area contributed by atoms with E-state index in [4.69, 9.17) is 20.6 Å². The summed E-state index contributed by atoms with van der Waals surface area (Å²) in [4.78, 5) is 16.2. The van der Waals surface area contributed by atoms with Crippen molar-refractivity contribution < 1.29 is 14.3 Å². The number of rotatable bonds is 8. The SMILES string of the molecule is CC(C)(C)OC(=O)n1c(CN2CCC3(CCC3)C2)cc2ccc(CN3C=C(c4cc(N)cc(NC5CCCCO5)c4C=N)NN3)cc21. The third-order valence-corrected chi connectivity index (χ3v) is 9.94. The fourth-order valence-electron chi connectivity index (χ4n) is 7.49. The lowest BCUT2D eigenvalue weighted by atomic mass is 9.68. The highest BCUT2D eigenvalue weighted by Crippen LogP contribution is 2.48. The van der Waals surface area contributed by atoms with Crippen LogP contribution in [0.4, 0.5) is 16.2 Å². The molecule has 0 amide bonds. The van der Waals surface area contributed by atoms with Crippen molar-refractivity contribution in [1.29, 1.82) is 5.41 Å². The van der Waals surface area contributed by atoms with Gasteiger partial charge in [0.05, 0.1) is 17.8 Å². The minimum absolute atomic E-state index is 0.0953. The van der Waals surface area contributed by atoms with Crippen LogP contribution in [0.1, 0.15) is 88.1 Å². The fourth-order valence-corrected chi connectivity index (χ4v) is 7.49. The van der Waals surface area contributed by atoms with E-state index in [1.54, 1.807) is 4.57 Å². The van der Waals surface area contributed by atoms with Crippen LogP contribution in [0.15, 0.2) is 42.6 Å². The van der Waals surface area contributed by atoms with Gasteiger partial charge in [-0.05, 0) is 101 Å². The zero-order valence-corrected chi connectivity index (χ0v) is 27.8. The first-order chi connectivity index (χ1) is 22.6. The number of fused-ring (bicyclic) bond motifs is 1. The van der Waals surface area contributed by atoms with E-state index < -0.39 is 5.60 Å². The van der Waals surface area contributed by atoms with E-state index in [1.165, 1.54) is 31.9 Å². The van der Waals surface area contributed by atoms with Gasteiger partial charge in [-0.15, -0.1) is 5.53 Å². The van der Waals surface area contributed by atoms with Gasteiger partial charge in [-0.25, -0.2) is 9.36 Å². The minimum Gasteiger partial charge on any atom is -0.443 e. The monoisotopic (exact) mass is 640 g/mol. The molecule has 11 nitrogen and oxygen atoms in total. The van der Waals surface area contributed by atoms with Crippen LogP contribution in [-0.2, 0) is 22.6 Å². The molecular weight excluding hydrogens is 592 g/mol. The maximum atomic E-state index is 13.7. The van der Waals surface area contributed by atoms with E-state index in [2.05, 4.69) is 45.4 Å². The van der Waals surface area contributed by atoms with Gasteiger partial charge in [-0.1, -0.05) is 18.6 Å². The molecule has 0 radical (unpaired) electrons. The second kappa shape index (κ2) is 12.5. The number of aromatic nitrogens is 1. The summed E-state index contributed by atoms with van der Waals surface area (Å²) in [5.41, 5.74) is 19.3. The van der Waals surface area contributed by atoms with Gasteiger partial charge in [0.1, 0.15) is 11.8 Å². The summed E-state index contributed by atoms with van der Waals surface area (Å²) in [5, 5.41) is 14.6. The van der Waals surface area contributed by atoms with E-state index in [0.29, 0.717) is 17.6 Å². The summed E-state index contributed by atoms with van der Waals surface area (Å²) in [6, 6.07) is 12.2. The highest BCUT2D eigenvalue weighted by molar-refractivity contribution is 5.95. The van der Waals surface area contributed by atoms with Crippen LogP contribution in [0.2, 0.25) is 0 Å². The van der Waals surface area contributed by atoms with Crippen molar-refractivity contribution in [3.05, 3.63) is 65.0 Å². The van der Waals surface area contributed by atoms with E-state index in [9.17, 15) is 4.79 Å². The highest BCUT2D eigenvalue weighted by Gasteiger charge is 2.42. The van der Waals surface area contributed by atoms with Crippen LogP contribution in [0, 0.1) is 10.8 Å². The Morgan fingerprint density at radius 1 is 1.15 bits per heavy atom. The largest absolute Gasteiger partial charge is 0.443 e. The minimum atomic E-state index is -0.604. The second-order valence-corrected chi connectivity index (χ2v) is 14.7. The number of nitrogens with two attached hydrogens (primary N) is 1. The number of nitrogens with zero attached hydrogens (tertiary/aromatic N) is 3. The Hall–Kier alpha value is -4.06. The van der Waals surface area contributed by atoms with Crippen molar-refractivity contribution in [3.63, 3.8) is 0 Å². The van der Waals surface area contributed by atoms with Gasteiger partial charge in [0.2, 0.25) is 0 Å². The number of hydrogen-bond donors (Lipinski definition) is 5. The first-order valence-electron chi connectivity index (χ1n) is 17.0. The molecule has 1 saturated carbocycles. The average molecular weight is 641 g/mol. The Morgan fingerprint density at radius 2 is 2.00 bits per heavy atom. The zero-order chi connectivity index (χ0) is 32.8. The highest BCUT2D eigenvalue weighted by atomic mass is 16.6. The molecule has 7 rings (SSSR count). The lowest BCUT2D eigenvalue weighted by Gasteiger charge is -2.38. The molecule has 1 aromatic heterocycles. The third-order valence-electron chi connectivity index (χ3n) is 9.94. The Balaban J connectivity index is 1.13. The maximum absolute atomic E-state index is 13.7. The van der Waals surface area contributed by atoms with Gasteiger partial charge < -0.3 is 31.4 Å². The number of ether oxygens (including phenoxy) is 2. The molecular formula is C36H48N8O3. The van der Waals surface area contributed by atoms with Crippen molar-refractivity contribution in [3.8, 4) is 0 Å². The number of carbonyl (C=O) groups excluding carboxylic acids is 1. The van der Waals surface area contributed by atoms with E-state index in [0.717, 1.165) is 90.2 Å². The normalized spacial score (nSPS) is 21.0. The van der Waals surface area contributed by atoms with Crippen LogP contribution in [-0.4, -0.2) is 58.3 Å². The van der Waals surface area contributed by atoms with Crippen molar-refractivity contribution in [2.45, 2.75) is 90.6 Å². The molecule has 250 valence electrons. The Kier molecular flexibility index (Phi) is 8.40. The number of carbonyl (C=O) groups is 1. The molecule has 2 saturated heterocycles. The Labute approximate surface area is 276 Å². The number of benzene rings is 2. The summed E-state index contributed by atoms with van der Waals surface area (Å²) in [5.74, 6) is 0. The average Bonchev–Trinajstić information content (AvgIpc) is 3.74. The molecule has 4 heterocycles. The van der Waals surface area contributed by atoms with Gasteiger partial charge in [0.25, 0.3) is 0 Å². The lowest BCUT2D eigenvalue weighted by molar-refractivity contribution is 0.0343. The molecule has 0 bridgehead atoms. The number of nitrogens with one attached hydrogen (secondary N) is 4. The van der Waals surface area contributed by atoms with Gasteiger partial charge in [0.15, 0.2) is 0 Å². The molecule has 4 aliphatic rings. The van der Waals surface area contributed by atoms with Crippen LogP contribution in [0.3, 0.4) is 0 Å². The summed E-state index contributed by atoms with van der Waals surface area (Å²) in [6.45, 7) is 9.90. The quantitative estimate of drug-likeness (QED) is 0.145. The molecule has 1 atom stereocenters. The van der Waals surface area contributed by atoms with Crippen molar-refractivity contribution >= 4 is 40.3 Å². The molecule has 47 heavy (non-hydrogen) atoms. The van der Waals surface area contributed by atoms with Crippen molar-refractivity contribution in [1.82, 2.24) is 25.4 Å². The molecule has 6 N–H and O–H groups in total. The first kappa shape index (κ1) is 31.5. The molecule has 1 unspecified atom stereocenters. The van der Waals surface area contributed by atoms with Gasteiger partial charge >= 0.3 is 6.09 Å². The molecule has 1 aliphatic carbocycles. The Bertz CT molecular complexity index is 1700. The second-order valence-electron chi connectivity index (χ2n) is 14.7. The summed E-state index contributed by atoms with van der Waals surface area (Å²) in [7, 11) is 0. The van der Waals surface area contributed by atoms with E-state index in [-0.39, 0.29) is 12.3 Å². The van der Waals surface area contributed by atoms with Crippen molar-refractivity contribution in [2.75, 3.05) is 30.7 Å². The van der Waals surface area contributed by atoms with E-state index >= 15 is 0 Å². The van der Waals surface area contributed by atoms with Crippen LogP contribution >= 0.6 is 0 Å². The molecule has 1 spiro atoms. The fraction of sp³-hybridized carbons (Fsp3) is 0.500. The molecule has 11 heteroatoms. The van der Waals surface area contributed by atoms with Gasteiger partial charge in [0, 0.05) is 65.7 Å². The van der Waals surface area contributed by atoms with E-state index in [1.807, 2.05) is 44.1 Å². The smallest absolute Gasteiger partial charge is 0.419 e.